The van der Waals surface area contributed by atoms with Gasteiger partial charge < -0.3 is 15.4 Å². The molecule has 1 aromatic rings. The average Bonchev–Trinajstić information content (AvgIpc) is 2.66. The Bertz CT molecular complexity index is 431. The number of benzene rings is 1. The molecule has 1 aromatic carbocycles. The summed E-state index contributed by atoms with van der Waals surface area (Å²) in [6.45, 7) is 3.98. The van der Waals surface area contributed by atoms with Gasteiger partial charge >= 0.3 is 0 Å². The molecule has 1 heterocycles. The van der Waals surface area contributed by atoms with E-state index in [9.17, 15) is 0 Å². The van der Waals surface area contributed by atoms with Gasteiger partial charge in [-0.3, -0.25) is 5.41 Å². The molecular formula is C13H19N3O. The summed E-state index contributed by atoms with van der Waals surface area (Å²) in [6, 6.07) is 5.79. The first kappa shape index (κ1) is 11.9. The molecule has 0 saturated carbocycles. The normalized spacial score (nSPS) is 20.5. The van der Waals surface area contributed by atoms with E-state index in [1.807, 2.05) is 25.1 Å². The van der Waals surface area contributed by atoms with Crippen molar-refractivity contribution >= 4 is 5.84 Å². The van der Waals surface area contributed by atoms with Gasteiger partial charge in [0.05, 0.1) is 5.56 Å². The van der Waals surface area contributed by atoms with Crippen LogP contribution in [0.1, 0.15) is 17.5 Å². The number of likely N-dealkylation sites (N-methyl/N-ethyl adjacent to an activating group) is 1. The van der Waals surface area contributed by atoms with E-state index in [4.69, 9.17) is 15.9 Å². The minimum atomic E-state index is 0.0649. The smallest absolute Gasteiger partial charge is 0.130 e. The number of hydrogen-bond donors (Lipinski definition) is 2. The molecule has 1 aliphatic rings. The van der Waals surface area contributed by atoms with Crippen molar-refractivity contribution in [2.45, 2.75) is 19.4 Å². The number of hydrogen-bond acceptors (Lipinski definition) is 3. The van der Waals surface area contributed by atoms with Gasteiger partial charge in [-0.05, 0) is 32.5 Å². The summed E-state index contributed by atoms with van der Waals surface area (Å²) < 4.78 is 5.93. The van der Waals surface area contributed by atoms with E-state index >= 15 is 0 Å². The predicted molar refractivity (Wildman–Crippen MR) is 68.7 cm³/mol. The number of aryl methyl sites for hydroxylation is 1. The van der Waals surface area contributed by atoms with Crippen molar-refractivity contribution < 1.29 is 4.74 Å². The summed E-state index contributed by atoms with van der Waals surface area (Å²) in [5.74, 6) is 0.790. The average molecular weight is 233 g/mol. The van der Waals surface area contributed by atoms with E-state index in [-0.39, 0.29) is 11.9 Å². The number of rotatable bonds is 3. The summed E-state index contributed by atoms with van der Waals surface area (Å²) in [5.41, 5.74) is 7.36. The fourth-order valence-electron chi connectivity index (χ4n) is 2.13. The number of likely N-dealkylation sites (tertiary alicyclic amines) is 1. The molecule has 92 valence electrons. The van der Waals surface area contributed by atoms with Crippen LogP contribution in [0.3, 0.4) is 0 Å². The molecule has 0 aliphatic carbocycles. The Morgan fingerprint density at radius 1 is 1.53 bits per heavy atom. The first-order chi connectivity index (χ1) is 8.06. The van der Waals surface area contributed by atoms with Gasteiger partial charge in [0.1, 0.15) is 17.7 Å². The predicted octanol–water partition coefficient (Wildman–Crippen LogP) is 1.36. The molecule has 1 atom stereocenters. The van der Waals surface area contributed by atoms with Crippen LogP contribution in [-0.2, 0) is 0 Å². The Kier molecular flexibility index (Phi) is 3.33. The van der Waals surface area contributed by atoms with Crippen LogP contribution in [0.5, 0.6) is 5.75 Å². The summed E-state index contributed by atoms with van der Waals surface area (Å²) in [7, 11) is 2.09. The van der Waals surface area contributed by atoms with Crippen LogP contribution in [0.4, 0.5) is 0 Å². The highest BCUT2D eigenvalue weighted by Gasteiger charge is 2.22. The molecule has 1 aliphatic heterocycles. The molecule has 0 bridgehead atoms. The fraction of sp³-hybridized carbons (Fsp3) is 0.462. The Labute approximate surface area is 102 Å². The molecule has 4 heteroatoms. The largest absolute Gasteiger partial charge is 0.488 e. The van der Waals surface area contributed by atoms with Crippen LogP contribution in [0.25, 0.3) is 0 Å². The Morgan fingerprint density at radius 2 is 2.29 bits per heavy atom. The van der Waals surface area contributed by atoms with Crippen molar-refractivity contribution in [1.82, 2.24) is 4.90 Å². The highest BCUT2D eigenvalue weighted by molar-refractivity contribution is 5.97. The monoisotopic (exact) mass is 233 g/mol. The van der Waals surface area contributed by atoms with Gasteiger partial charge in [-0.1, -0.05) is 11.6 Å². The standard InChI is InChI=1S/C13H19N3O/c1-9-3-4-12(11(7-9)13(14)15)17-10-5-6-16(2)8-10/h3-4,7,10H,5-6,8H2,1-2H3,(H3,14,15). The van der Waals surface area contributed by atoms with E-state index in [0.29, 0.717) is 5.56 Å². The number of amidine groups is 1. The lowest BCUT2D eigenvalue weighted by Gasteiger charge is -2.16. The molecule has 0 spiro atoms. The third-order valence-corrected chi connectivity index (χ3v) is 3.07. The van der Waals surface area contributed by atoms with Crippen LogP contribution in [-0.4, -0.2) is 37.0 Å². The molecule has 0 radical (unpaired) electrons. The van der Waals surface area contributed by atoms with Crippen molar-refractivity contribution in [1.29, 1.82) is 5.41 Å². The van der Waals surface area contributed by atoms with Crippen molar-refractivity contribution in [2.24, 2.45) is 5.73 Å². The van der Waals surface area contributed by atoms with Crippen molar-refractivity contribution in [3.8, 4) is 5.75 Å². The lowest BCUT2D eigenvalue weighted by Crippen LogP contribution is -2.23. The Morgan fingerprint density at radius 3 is 2.88 bits per heavy atom. The number of nitrogen functional groups attached to an aromatic ring is 1. The second-order valence-corrected chi connectivity index (χ2v) is 4.70. The highest BCUT2D eigenvalue weighted by Crippen LogP contribution is 2.23. The molecule has 0 amide bonds. The first-order valence-electron chi connectivity index (χ1n) is 5.86. The van der Waals surface area contributed by atoms with Gasteiger partial charge in [0.25, 0.3) is 0 Å². The third kappa shape index (κ3) is 2.77. The molecule has 4 nitrogen and oxygen atoms in total. The molecule has 1 saturated heterocycles. The molecule has 3 N–H and O–H groups in total. The van der Waals surface area contributed by atoms with E-state index in [1.54, 1.807) is 0 Å². The first-order valence-corrected chi connectivity index (χ1v) is 5.86. The lowest BCUT2D eigenvalue weighted by molar-refractivity contribution is 0.208. The molecule has 2 rings (SSSR count). The summed E-state index contributed by atoms with van der Waals surface area (Å²) in [5, 5.41) is 7.57. The van der Waals surface area contributed by atoms with E-state index in [1.165, 1.54) is 0 Å². The summed E-state index contributed by atoms with van der Waals surface area (Å²) >= 11 is 0. The van der Waals surface area contributed by atoms with Crippen molar-refractivity contribution in [3.63, 3.8) is 0 Å². The number of ether oxygens (including phenoxy) is 1. The van der Waals surface area contributed by atoms with Gasteiger partial charge in [0.2, 0.25) is 0 Å². The quantitative estimate of drug-likeness (QED) is 0.612. The van der Waals surface area contributed by atoms with Crippen LogP contribution in [0.15, 0.2) is 18.2 Å². The molecule has 1 unspecified atom stereocenters. The van der Waals surface area contributed by atoms with Gasteiger partial charge in [0, 0.05) is 13.1 Å². The zero-order valence-electron chi connectivity index (χ0n) is 10.4. The van der Waals surface area contributed by atoms with Crippen LogP contribution in [0, 0.1) is 12.3 Å². The minimum absolute atomic E-state index is 0.0649. The topological polar surface area (TPSA) is 62.3 Å². The number of nitrogens with two attached hydrogens (primary N) is 1. The zero-order chi connectivity index (χ0) is 12.4. The number of nitrogens with zero attached hydrogens (tertiary/aromatic N) is 1. The van der Waals surface area contributed by atoms with E-state index < -0.39 is 0 Å². The second-order valence-electron chi connectivity index (χ2n) is 4.70. The molecule has 1 fully saturated rings. The second kappa shape index (κ2) is 4.75. The van der Waals surface area contributed by atoms with E-state index in [0.717, 1.165) is 30.8 Å². The van der Waals surface area contributed by atoms with Gasteiger partial charge in [0.15, 0.2) is 0 Å². The maximum absolute atomic E-state index is 7.57. The Hall–Kier alpha value is -1.55. The summed E-state index contributed by atoms with van der Waals surface area (Å²) in [4.78, 5) is 2.24. The van der Waals surface area contributed by atoms with E-state index in [2.05, 4.69) is 11.9 Å². The fourth-order valence-corrected chi connectivity index (χ4v) is 2.13. The number of nitrogens with one attached hydrogen (secondary N) is 1. The van der Waals surface area contributed by atoms with Gasteiger partial charge in [-0.2, -0.15) is 0 Å². The molecule has 0 aromatic heterocycles. The lowest BCUT2D eigenvalue weighted by atomic mass is 10.1. The zero-order valence-corrected chi connectivity index (χ0v) is 10.4. The maximum Gasteiger partial charge on any atom is 0.130 e. The molecule has 17 heavy (non-hydrogen) atoms. The highest BCUT2D eigenvalue weighted by atomic mass is 16.5. The minimum Gasteiger partial charge on any atom is -0.488 e. The summed E-state index contributed by atoms with van der Waals surface area (Å²) in [6.07, 6.45) is 1.24. The van der Waals surface area contributed by atoms with Crippen molar-refractivity contribution in [3.05, 3.63) is 29.3 Å². The third-order valence-electron chi connectivity index (χ3n) is 3.07. The molecular weight excluding hydrogens is 214 g/mol. The van der Waals surface area contributed by atoms with Gasteiger partial charge in [-0.15, -0.1) is 0 Å². The van der Waals surface area contributed by atoms with Crippen molar-refractivity contribution in [2.75, 3.05) is 20.1 Å². The van der Waals surface area contributed by atoms with Crippen LogP contribution < -0.4 is 10.5 Å². The van der Waals surface area contributed by atoms with Crippen LogP contribution >= 0.6 is 0 Å². The maximum atomic E-state index is 7.57. The SMILES string of the molecule is Cc1ccc(OC2CCN(C)C2)c(C(=N)N)c1. The Balaban J connectivity index is 2.17. The van der Waals surface area contributed by atoms with Crippen LogP contribution in [0.2, 0.25) is 0 Å². The van der Waals surface area contributed by atoms with Gasteiger partial charge in [-0.25, -0.2) is 0 Å².